The van der Waals surface area contributed by atoms with Crippen LogP contribution in [-0.2, 0) is 27.7 Å². The molecule has 3 aromatic rings. The quantitative estimate of drug-likeness (QED) is 0.439. The molecule has 3 aromatic carbocycles. The Morgan fingerprint density at radius 2 is 1.65 bits per heavy atom. The third-order valence-electron chi connectivity index (χ3n) is 5.38. The Bertz CT molecular complexity index is 1200. The summed E-state index contributed by atoms with van der Waals surface area (Å²) in [6.45, 7) is 3.12. The van der Waals surface area contributed by atoms with Crippen molar-refractivity contribution in [3.63, 3.8) is 0 Å². The van der Waals surface area contributed by atoms with Crippen LogP contribution in [0.5, 0.6) is 5.75 Å². The van der Waals surface area contributed by atoms with E-state index in [1.54, 1.807) is 30.2 Å². The summed E-state index contributed by atoms with van der Waals surface area (Å²) in [6, 6.07) is 21.2. The molecule has 0 fully saturated rings. The van der Waals surface area contributed by atoms with Crippen molar-refractivity contribution in [2.75, 3.05) is 32.1 Å². The number of benzene rings is 3. The lowest BCUT2D eigenvalue weighted by atomic mass is 10.1. The lowest BCUT2D eigenvalue weighted by molar-refractivity contribution is 0.0680. The van der Waals surface area contributed by atoms with E-state index < -0.39 is 10.0 Å². The van der Waals surface area contributed by atoms with E-state index in [1.807, 2.05) is 49.4 Å². The fraction of sp³-hybridized carbons (Fsp3) is 0.269. The van der Waals surface area contributed by atoms with Crippen LogP contribution in [0.4, 0.5) is 5.69 Å². The number of nitrogens with one attached hydrogen (secondary N) is 1. The summed E-state index contributed by atoms with van der Waals surface area (Å²) >= 11 is 0. The van der Waals surface area contributed by atoms with Crippen LogP contribution in [0, 0.1) is 0 Å². The molecule has 0 heterocycles. The molecule has 0 radical (unpaired) electrons. The van der Waals surface area contributed by atoms with Crippen LogP contribution < -0.4 is 9.46 Å². The first-order chi connectivity index (χ1) is 16.4. The minimum absolute atomic E-state index is 0.105. The van der Waals surface area contributed by atoms with Crippen LogP contribution >= 0.6 is 0 Å². The number of carbonyl (C=O) groups is 1. The second-order valence-electron chi connectivity index (χ2n) is 7.73. The van der Waals surface area contributed by atoms with Gasteiger partial charge in [0.15, 0.2) is 0 Å². The maximum Gasteiger partial charge on any atom is 0.265 e. The molecule has 0 atom stereocenters. The minimum atomic E-state index is -4.00. The topological polar surface area (TPSA) is 84.9 Å². The van der Waals surface area contributed by atoms with Crippen molar-refractivity contribution in [2.24, 2.45) is 0 Å². The second-order valence-corrected chi connectivity index (χ2v) is 9.38. The van der Waals surface area contributed by atoms with Crippen LogP contribution in [0.25, 0.3) is 0 Å². The predicted molar refractivity (Wildman–Crippen MR) is 133 cm³/mol. The standard InChI is InChI=1S/C26H30N2O5S/c1-4-20-10-13-23(14-11-20)27-34(30,31)25-18-22(12-15-24(25)33-3)26(29)28(16-17-32-2)19-21-8-6-5-7-9-21/h5-15,18,27H,4,16-17,19H2,1-3H3. The molecule has 180 valence electrons. The van der Waals surface area contributed by atoms with E-state index in [0.717, 1.165) is 17.5 Å². The van der Waals surface area contributed by atoms with Crippen molar-refractivity contribution in [2.45, 2.75) is 24.8 Å². The fourth-order valence-electron chi connectivity index (χ4n) is 3.48. The van der Waals surface area contributed by atoms with E-state index in [1.165, 1.54) is 19.2 Å². The highest BCUT2D eigenvalue weighted by Crippen LogP contribution is 2.28. The van der Waals surface area contributed by atoms with Gasteiger partial charge in [-0.25, -0.2) is 8.42 Å². The first-order valence-electron chi connectivity index (χ1n) is 11.0. The van der Waals surface area contributed by atoms with Gasteiger partial charge in [-0.2, -0.15) is 0 Å². The van der Waals surface area contributed by atoms with Crippen LogP contribution in [0.1, 0.15) is 28.4 Å². The Hall–Kier alpha value is -3.36. The fourth-order valence-corrected chi connectivity index (χ4v) is 4.73. The number of methoxy groups -OCH3 is 2. The molecule has 0 spiro atoms. The molecule has 3 rings (SSSR count). The van der Waals surface area contributed by atoms with E-state index >= 15 is 0 Å². The molecule has 7 nitrogen and oxygen atoms in total. The Kier molecular flexibility index (Phi) is 8.67. The highest BCUT2D eigenvalue weighted by Gasteiger charge is 2.24. The number of ether oxygens (including phenoxy) is 2. The molecule has 8 heteroatoms. The number of amides is 1. The third-order valence-corrected chi connectivity index (χ3v) is 6.79. The van der Waals surface area contributed by atoms with Gasteiger partial charge in [-0.1, -0.05) is 49.4 Å². The van der Waals surface area contributed by atoms with Crippen molar-refractivity contribution >= 4 is 21.6 Å². The molecular weight excluding hydrogens is 452 g/mol. The molecule has 0 aliphatic heterocycles. The molecule has 0 aliphatic carbocycles. The molecule has 34 heavy (non-hydrogen) atoms. The number of hydrogen-bond donors (Lipinski definition) is 1. The van der Waals surface area contributed by atoms with E-state index in [2.05, 4.69) is 4.72 Å². The Morgan fingerprint density at radius 1 is 0.941 bits per heavy atom. The van der Waals surface area contributed by atoms with Crippen LogP contribution in [0.3, 0.4) is 0 Å². The van der Waals surface area contributed by atoms with E-state index in [-0.39, 0.29) is 22.1 Å². The average Bonchev–Trinajstić information content (AvgIpc) is 2.86. The van der Waals surface area contributed by atoms with Crippen molar-refractivity contribution in [3.8, 4) is 5.75 Å². The number of nitrogens with zero attached hydrogens (tertiary/aromatic N) is 1. The van der Waals surface area contributed by atoms with Gasteiger partial charge < -0.3 is 14.4 Å². The first kappa shape index (κ1) is 25.3. The lowest BCUT2D eigenvalue weighted by Crippen LogP contribution is -2.33. The summed E-state index contributed by atoms with van der Waals surface area (Å²) in [5.74, 6) is -0.145. The maximum absolute atomic E-state index is 13.4. The number of aryl methyl sites for hydroxylation is 1. The highest BCUT2D eigenvalue weighted by molar-refractivity contribution is 7.92. The maximum atomic E-state index is 13.4. The highest BCUT2D eigenvalue weighted by atomic mass is 32.2. The third kappa shape index (κ3) is 6.36. The summed E-state index contributed by atoms with van der Waals surface area (Å²) < 4.78 is 39.5. The van der Waals surface area contributed by atoms with Crippen LogP contribution in [0.15, 0.2) is 77.7 Å². The summed E-state index contributed by atoms with van der Waals surface area (Å²) in [4.78, 5) is 14.9. The van der Waals surface area contributed by atoms with Crippen molar-refractivity contribution in [1.29, 1.82) is 0 Å². The zero-order chi connectivity index (χ0) is 24.6. The van der Waals surface area contributed by atoms with Crippen LogP contribution in [-0.4, -0.2) is 46.6 Å². The average molecular weight is 483 g/mol. The largest absolute Gasteiger partial charge is 0.495 e. The number of hydrogen-bond acceptors (Lipinski definition) is 5. The summed E-state index contributed by atoms with van der Waals surface area (Å²) in [5.41, 5.74) is 2.74. The molecule has 0 saturated heterocycles. The first-order valence-corrected chi connectivity index (χ1v) is 12.5. The molecule has 1 N–H and O–H groups in total. The van der Waals surface area contributed by atoms with Crippen molar-refractivity contribution in [3.05, 3.63) is 89.5 Å². The van der Waals surface area contributed by atoms with Gasteiger partial charge in [-0.05, 0) is 47.9 Å². The van der Waals surface area contributed by atoms with Gasteiger partial charge in [-0.15, -0.1) is 0 Å². The normalized spacial score (nSPS) is 11.1. The van der Waals surface area contributed by atoms with Gasteiger partial charge in [-0.3, -0.25) is 9.52 Å². The smallest absolute Gasteiger partial charge is 0.265 e. The predicted octanol–water partition coefficient (Wildman–Crippen LogP) is 4.35. The summed E-state index contributed by atoms with van der Waals surface area (Å²) in [5, 5.41) is 0. The van der Waals surface area contributed by atoms with Gasteiger partial charge in [0.2, 0.25) is 0 Å². The molecule has 0 aromatic heterocycles. The second kappa shape index (κ2) is 11.7. The van der Waals surface area contributed by atoms with E-state index in [4.69, 9.17) is 9.47 Å². The lowest BCUT2D eigenvalue weighted by Gasteiger charge is -2.23. The van der Waals surface area contributed by atoms with Gasteiger partial charge >= 0.3 is 0 Å². The van der Waals surface area contributed by atoms with Crippen molar-refractivity contribution in [1.82, 2.24) is 4.90 Å². The van der Waals surface area contributed by atoms with E-state index in [9.17, 15) is 13.2 Å². The van der Waals surface area contributed by atoms with Gasteiger partial charge in [0.05, 0.1) is 13.7 Å². The molecule has 0 saturated carbocycles. The molecule has 0 unspecified atom stereocenters. The Labute approximate surface area is 201 Å². The number of sulfonamides is 1. The Balaban J connectivity index is 1.91. The minimum Gasteiger partial charge on any atom is -0.495 e. The number of carbonyl (C=O) groups excluding carboxylic acids is 1. The zero-order valence-corrected chi connectivity index (χ0v) is 20.5. The monoisotopic (exact) mass is 482 g/mol. The zero-order valence-electron chi connectivity index (χ0n) is 19.7. The summed E-state index contributed by atoms with van der Waals surface area (Å²) in [7, 11) is -1.04. The molecule has 0 bridgehead atoms. The van der Waals surface area contributed by atoms with Crippen LogP contribution in [0.2, 0.25) is 0 Å². The number of rotatable bonds is 11. The molecule has 1 amide bonds. The van der Waals surface area contributed by atoms with E-state index in [0.29, 0.717) is 25.4 Å². The SMILES string of the molecule is CCc1ccc(NS(=O)(=O)c2cc(C(=O)N(CCOC)Cc3ccccc3)ccc2OC)cc1. The molecule has 0 aliphatic rings. The molecular formula is C26H30N2O5S. The number of anilines is 1. The van der Waals surface area contributed by atoms with Gasteiger partial charge in [0.25, 0.3) is 15.9 Å². The van der Waals surface area contributed by atoms with Crippen molar-refractivity contribution < 1.29 is 22.7 Å². The summed E-state index contributed by atoms with van der Waals surface area (Å²) in [6.07, 6.45) is 0.855. The Morgan fingerprint density at radius 3 is 2.26 bits per heavy atom. The van der Waals surface area contributed by atoms with Gasteiger partial charge in [0, 0.05) is 31.5 Å². The van der Waals surface area contributed by atoms with Gasteiger partial charge in [0.1, 0.15) is 10.6 Å².